The number of ketones is 1. The van der Waals surface area contributed by atoms with Gasteiger partial charge in [-0.25, -0.2) is 14.7 Å². The van der Waals surface area contributed by atoms with Gasteiger partial charge in [0.05, 0.1) is 34.9 Å². The summed E-state index contributed by atoms with van der Waals surface area (Å²) in [4.78, 5) is 56.7. The standard InChI is InChI=1S/C32H22ClN3O6S/c1-41-23-13-8-19(9-14-23)27(37)18-42-32(40)20-6-11-22(12-7-20)36-29(38)16-28(31(36)39)43-30-21(17-34)10-15-26(35-30)24-4-2-3-5-25(24)33/h2-15,28H,16,18H2,1H3. The van der Waals surface area contributed by atoms with Crippen LogP contribution in [0.5, 0.6) is 5.75 Å². The molecule has 43 heavy (non-hydrogen) atoms. The van der Waals surface area contributed by atoms with E-state index < -0.39 is 29.6 Å². The molecule has 1 fully saturated rings. The van der Waals surface area contributed by atoms with E-state index in [-0.39, 0.29) is 29.0 Å². The Morgan fingerprint density at radius 2 is 1.70 bits per heavy atom. The van der Waals surface area contributed by atoms with Gasteiger partial charge in [-0.2, -0.15) is 5.26 Å². The van der Waals surface area contributed by atoms with Crippen molar-refractivity contribution in [1.29, 1.82) is 5.26 Å². The third kappa shape index (κ3) is 6.43. The van der Waals surface area contributed by atoms with Gasteiger partial charge in [-0.15, -0.1) is 0 Å². The number of Topliss-reactive ketones (excluding diaryl/α,β-unsaturated/α-hetero) is 1. The number of pyridine rings is 1. The second-order valence-electron chi connectivity index (χ2n) is 9.29. The Hall–Kier alpha value is -4.98. The Bertz CT molecular complexity index is 1770. The van der Waals surface area contributed by atoms with E-state index in [0.29, 0.717) is 32.6 Å². The molecule has 1 aliphatic rings. The molecule has 0 spiro atoms. The van der Waals surface area contributed by atoms with Gasteiger partial charge in [0.1, 0.15) is 16.8 Å². The van der Waals surface area contributed by atoms with Gasteiger partial charge in [0.2, 0.25) is 11.8 Å². The van der Waals surface area contributed by atoms with Gasteiger partial charge < -0.3 is 9.47 Å². The van der Waals surface area contributed by atoms with E-state index >= 15 is 0 Å². The fourth-order valence-electron chi connectivity index (χ4n) is 4.36. The number of methoxy groups -OCH3 is 1. The zero-order valence-corrected chi connectivity index (χ0v) is 24.2. The SMILES string of the molecule is COc1ccc(C(=O)COC(=O)c2ccc(N3C(=O)CC(Sc4nc(-c5ccccc5Cl)ccc4C#N)C3=O)cc2)cc1. The lowest BCUT2D eigenvalue weighted by Crippen LogP contribution is -2.31. The van der Waals surface area contributed by atoms with Crippen LogP contribution in [-0.4, -0.2) is 47.5 Å². The number of imide groups is 1. The van der Waals surface area contributed by atoms with E-state index in [1.165, 1.54) is 31.4 Å². The molecule has 1 aliphatic heterocycles. The summed E-state index contributed by atoms with van der Waals surface area (Å²) < 4.78 is 10.2. The minimum absolute atomic E-state index is 0.0936. The third-order valence-electron chi connectivity index (χ3n) is 6.60. The molecule has 9 nitrogen and oxygen atoms in total. The number of hydrogen-bond donors (Lipinski definition) is 0. The minimum Gasteiger partial charge on any atom is -0.497 e. The largest absolute Gasteiger partial charge is 0.497 e. The Kier molecular flexibility index (Phi) is 8.85. The fourth-order valence-corrected chi connectivity index (χ4v) is 5.68. The van der Waals surface area contributed by atoms with E-state index in [1.54, 1.807) is 54.6 Å². The molecule has 0 aliphatic carbocycles. The van der Waals surface area contributed by atoms with E-state index in [1.807, 2.05) is 6.07 Å². The highest BCUT2D eigenvalue weighted by atomic mass is 35.5. The Balaban J connectivity index is 1.25. The van der Waals surface area contributed by atoms with Gasteiger partial charge in [-0.3, -0.25) is 14.4 Å². The maximum Gasteiger partial charge on any atom is 0.338 e. The van der Waals surface area contributed by atoms with Crippen LogP contribution in [0.1, 0.15) is 32.7 Å². The number of rotatable bonds is 9. The summed E-state index contributed by atoms with van der Waals surface area (Å²) in [7, 11) is 1.52. The highest BCUT2D eigenvalue weighted by Crippen LogP contribution is 2.36. The van der Waals surface area contributed by atoms with Crippen molar-refractivity contribution in [3.8, 4) is 23.1 Å². The second-order valence-corrected chi connectivity index (χ2v) is 10.9. The number of hydrogen-bond acceptors (Lipinski definition) is 9. The van der Waals surface area contributed by atoms with Crippen molar-refractivity contribution in [3.05, 3.63) is 107 Å². The predicted octanol–water partition coefficient (Wildman–Crippen LogP) is 5.75. The van der Waals surface area contributed by atoms with Crippen molar-refractivity contribution in [2.45, 2.75) is 16.7 Å². The first-order valence-corrected chi connectivity index (χ1v) is 14.2. The summed E-state index contributed by atoms with van der Waals surface area (Å²) in [6.45, 7) is -0.453. The van der Waals surface area contributed by atoms with Crippen LogP contribution >= 0.6 is 23.4 Å². The van der Waals surface area contributed by atoms with Crippen LogP contribution in [0.2, 0.25) is 5.02 Å². The first-order valence-electron chi connectivity index (χ1n) is 12.9. The van der Waals surface area contributed by atoms with E-state index in [9.17, 15) is 24.4 Å². The Labute approximate surface area is 256 Å². The molecular formula is C32H22ClN3O6S. The van der Waals surface area contributed by atoms with Crippen molar-refractivity contribution < 1.29 is 28.7 Å². The molecule has 1 aromatic heterocycles. The maximum absolute atomic E-state index is 13.3. The molecule has 2 amide bonds. The van der Waals surface area contributed by atoms with Crippen LogP contribution in [-0.2, 0) is 14.3 Å². The lowest BCUT2D eigenvalue weighted by atomic mass is 10.1. The number of anilines is 1. The number of carbonyl (C=O) groups is 4. The molecular weight excluding hydrogens is 590 g/mol. The summed E-state index contributed by atoms with van der Waals surface area (Å²) >= 11 is 7.36. The van der Waals surface area contributed by atoms with Crippen molar-refractivity contribution >= 4 is 52.6 Å². The van der Waals surface area contributed by atoms with Crippen LogP contribution < -0.4 is 9.64 Å². The molecule has 1 atom stereocenters. The quantitative estimate of drug-likeness (QED) is 0.132. The van der Waals surface area contributed by atoms with E-state index in [4.69, 9.17) is 21.1 Å². The lowest BCUT2D eigenvalue weighted by molar-refractivity contribution is -0.121. The molecule has 0 N–H and O–H groups in total. The molecule has 3 aromatic carbocycles. The predicted molar refractivity (Wildman–Crippen MR) is 160 cm³/mol. The van der Waals surface area contributed by atoms with E-state index in [2.05, 4.69) is 11.1 Å². The van der Waals surface area contributed by atoms with Gasteiger partial charge in [-0.1, -0.05) is 41.6 Å². The minimum atomic E-state index is -0.804. The smallest absolute Gasteiger partial charge is 0.338 e. The highest BCUT2D eigenvalue weighted by Gasteiger charge is 2.41. The molecule has 11 heteroatoms. The first kappa shape index (κ1) is 29.5. The lowest BCUT2D eigenvalue weighted by Gasteiger charge is -2.15. The average molecular weight is 612 g/mol. The van der Waals surface area contributed by atoms with Crippen LogP contribution in [0.4, 0.5) is 5.69 Å². The Morgan fingerprint density at radius 3 is 2.37 bits per heavy atom. The van der Waals surface area contributed by atoms with Gasteiger partial charge in [0, 0.05) is 22.6 Å². The number of amides is 2. The fraction of sp³-hybridized carbons (Fsp3) is 0.125. The van der Waals surface area contributed by atoms with Crippen molar-refractivity contribution in [1.82, 2.24) is 4.98 Å². The van der Waals surface area contributed by atoms with Gasteiger partial charge in [0.15, 0.2) is 12.4 Å². The number of benzene rings is 3. The first-order chi connectivity index (χ1) is 20.8. The van der Waals surface area contributed by atoms with Crippen molar-refractivity contribution in [2.75, 3.05) is 18.6 Å². The van der Waals surface area contributed by atoms with Crippen LogP contribution in [0.15, 0.2) is 90.0 Å². The normalized spacial score (nSPS) is 14.3. The van der Waals surface area contributed by atoms with Crippen LogP contribution in [0.3, 0.4) is 0 Å². The highest BCUT2D eigenvalue weighted by molar-refractivity contribution is 8.00. The number of thioether (sulfide) groups is 1. The van der Waals surface area contributed by atoms with Crippen molar-refractivity contribution in [3.63, 3.8) is 0 Å². The molecule has 5 rings (SSSR count). The number of esters is 1. The summed E-state index contributed by atoms with van der Waals surface area (Å²) in [6, 6.07) is 24.7. The maximum atomic E-state index is 13.3. The zero-order chi connectivity index (χ0) is 30.5. The number of aromatic nitrogens is 1. The molecule has 4 aromatic rings. The van der Waals surface area contributed by atoms with Crippen molar-refractivity contribution in [2.24, 2.45) is 0 Å². The topological polar surface area (TPSA) is 127 Å². The van der Waals surface area contributed by atoms with Gasteiger partial charge in [-0.05, 0) is 66.7 Å². The number of nitrogens with zero attached hydrogens (tertiary/aromatic N) is 3. The molecule has 1 unspecified atom stereocenters. The summed E-state index contributed by atoms with van der Waals surface area (Å²) in [5.74, 6) is -1.40. The summed E-state index contributed by atoms with van der Waals surface area (Å²) in [5, 5.41) is 9.62. The monoisotopic (exact) mass is 611 g/mol. The van der Waals surface area contributed by atoms with Crippen LogP contribution in [0.25, 0.3) is 11.3 Å². The molecule has 214 valence electrons. The molecule has 0 saturated carbocycles. The molecule has 0 radical (unpaired) electrons. The number of nitriles is 1. The average Bonchev–Trinajstić information content (AvgIpc) is 3.31. The molecule has 0 bridgehead atoms. The number of halogens is 1. The van der Waals surface area contributed by atoms with Gasteiger partial charge >= 0.3 is 5.97 Å². The zero-order valence-electron chi connectivity index (χ0n) is 22.7. The van der Waals surface area contributed by atoms with Gasteiger partial charge in [0.25, 0.3) is 0 Å². The molecule has 1 saturated heterocycles. The third-order valence-corrected chi connectivity index (χ3v) is 8.11. The summed E-state index contributed by atoms with van der Waals surface area (Å²) in [5.41, 5.74) is 2.28. The Morgan fingerprint density at radius 1 is 1.00 bits per heavy atom. The van der Waals surface area contributed by atoms with E-state index in [0.717, 1.165) is 16.7 Å². The van der Waals surface area contributed by atoms with Crippen LogP contribution in [0, 0.1) is 11.3 Å². The number of ether oxygens (including phenoxy) is 2. The summed E-state index contributed by atoms with van der Waals surface area (Å²) in [6.07, 6.45) is -0.0936. The number of carbonyl (C=O) groups excluding carboxylic acids is 4. The second kappa shape index (κ2) is 12.9. The molecule has 2 heterocycles.